The van der Waals surface area contributed by atoms with Crippen molar-refractivity contribution < 1.29 is 33.4 Å². The van der Waals surface area contributed by atoms with Crippen LogP contribution in [0.15, 0.2) is 65.1 Å². The van der Waals surface area contributed by atoms with Gasteiger partial charge in [-0.25, -0.2) is 9.69 Å². The van der Waals surface area contributed by atoms with Gasteiger partial charge in [-0.3, -0.25) is 9.59 Å². The average molecular weight is 590 g/mol. The number of ether oxygens (including phenoxy) is 2. The number of cyclic esters (lactones) is 1. The van der Waals surface area contributed by atoms with Crippen LogP contribution in [0.1, 0.15) is 91.8 Å². The minimum atomic E-state index is -1.56. The van der Waals surface area contributed by atoms with E-state index in [0.29, 0.717) is 12.2 Å². The van der Waals surface area contributed by atoms with Gasteiger partial charge in [0.05, 0.1) is 6.04 Å². The highest BCUT2D eigenvalue weighted by Crippen LogP contribution is 2.34. The van der Waals surface area contributed by atoms with Crippen LogP contribution >= 0.6 is 0 Å². The van der Waals surface area contributed by atoms with Crippen molar-refractivity contribution in [2.45, 2.75) is 89.9 Å². The van der Waals surface area contributed by atoms with Gasteiger partial charge in [0.15, 0.2) is 5.76 Å². The van der Waals surface area contributed by atoms with Crippen molar-refractivity contribution in [2.75, 3.05) is 13.7 Å². The van der Waals surface area contributed by atoms with Gasteiger partial charge in [-0.2, -0.15) is 0 Å². The molecule has 1 aliphatic rings. The normalized spacial score (nSPS) is 17.2. The van der Waals surface area contributed by atoms with Gasteiger partial charge in [-0.15, -0.1) is 0 Å². The molecule has 0 radical (unpaired) electrons. The smallest absolute Gasteiger partial charge is 0.417 e. The van der Waals surface area contributed by atoms with Gasteiger partial charge < -0.3 is 19.0 Å². The Morgan fingerprint density at radius 2 is 1.60 bits per heavy atom. The maximum Gasteiger partial charge on any atom is 0.417 e. The van der Waals surface area contributed by atoms with Crippen LogP contribution in [0.3, 0.4) is 0 Å². The lowest BCUT2D eigenvalue weighted by Crippen LogP contribution is -2.47. The summed E-state index contributed by atoms with van der Waals surface area (Å²) < 4.78 is 17.1. The second-order valence-electron chi connectivity index (χ2n) is 11.3. The molecule has 3 atom stereocenters. The van der Waals surface area contributed by atoms with Gasteiger partial charge in [0.2, 0.25) is 11.9 Å². The van der Waals surface area contributed by atoms with E-state index in [1.165, 1.54) is 7.11 Å². The van der Waals surface area contributed by atoms with E-state index < -0.39 is 36.0 Å². The van der Waals surface area contributed by atoms with Crippen molar-refractivity contribution in [1.82, 2.24) is 4.90 Å². The first-order valence-electron chi connectivity index (χ1n) is 15.3. The Morgan fingerprint density at radius 1 is 0.930 bits per heavy atom. The number of hydrogen-bond donors (Lipinski definition) is 1. The summed E-state index contributed by atoms with van der Waals surface area (Å²) in [6.07, 6.45) is 6.08. The summed E-state index contributed by atoms with van der Waals surface area (Å²) in [7, 11) is 1.27. The number of aliphatic hydroxyl groups excluding tert-OH is 1. The predicted molar refractivity (Wildman–Crippen MR) is 164 cm³/mol. The molecule has 3 aromatic rings. The standard InChI is InChI=1S/C35H43NO7/c1-24-16-15-19-27(22-24)28-23-30(42-29(28)20-13-8-6-4-5-7-9-14-21-37)31(38)33(41-3)34(39)36-25(2)32(43-35(36)40)26-17-11-10-12-18-26/h10-12,15-19,22-23,25,32-33,37H,4-9,13-14,20-21H2,1-3H3/t25-,32-,33-/m1/s1. The number of aryl methyl sites for hydroxylation is 2. The van der Waals surface area contributed by atoms with E-state index in [4.69, 9.17) is 19.0 Å². The van der Waals surface area contributed by atoms with E-state index in [0.717, 1.165) is 78.5 Å². The molecular weight excluding hydrogens is 546 g/mol. The molecule has 1 fully saturated rings. The number of benzene rings is 2. The number of unbranched alkanes of at least 4 members (excludes halogenated alkanes) is 7. The van der Waals surface area contributed by atoms with Crippen LogP contribution < -0.4 is 0 Å². The highest BCUT2D eigenvalue weighted by atomic mass is 16.6. The number of nitrogens with zero attached hydrogens (tertiary/aromatic N) is 1. The average Bonchev–Trinajstić information content (AvgIpc) is 3.57. The molecule has 230 valence electrons. The summed E-state index contributed by atoms with van der Waals surface area (Å²) in [5.74, 6) is -0.705. The van der Waals surface area contributed by atoms with Crippen molar-refractivity contribution in [3.8, 4) is 11.1 Å². The van der Waals surface area contributed by atoms with E-state index in [1.54, 1.807) is 13.0 Å². The van der Waals surface area contributed by atoms with Gasteiger partial charge in [0.25, 0.3) is 5.91 Å². The number of imide groups is 1. The monoisotopic (exact) mass is 589 g/mol. The molecule has 1 saturated heterocycles. The van der Waals surface area contributed by atoms with Crippen molar-refractivity contribution in [2.24, 2.45) is 0 Å². The topological polar surface area (TPSA) is 106 Å². The number of rotatable bonds is 16. The maximum absolute atomic E-state index is 13.7. The lowest BCUT2D eigenvalue weighted by molar-refractivity contribution is -0.137. The minimum absolute atomic E-state index is 0.0235. The number of aliphatic hydroxyl groups is 1. The molecule has 8 nitrogen and oxygen atoms in total. The molecule has 1 aromatic heterocycles. The third-order valence-corrected chi connectivity index (χ3v) is 8.03. The van der Waals surface area contributed by atoms with Gasteiger partial charge in [0.1, 0.15) is 11.9 Å². The number of amides is 2. The van der Waals surface area contributed by atoms with Gasteiger partial charge in [-0.1, -0.05) is 98.7 Å². The molecule has 8 heteroatoms. The van der Waals surface area contributed by atoms with E-state index in [-0.39, 0.29) is 12.4 Å². The molecule has 0 aliphatic carbocycles. The second kappa shape index (κ2) is 15.6. The molecule has 0 saturated carbocycles. The summed E-state index contributed by atoms with van der Waals surface area (Å²) in [6.45, 7) is 3.98. The highest BCUT2D eigenvalue weighted by molar-refractivity contribution is 6.14. The quantitative estimate of drug-likeness (QED) is 0.107. The zero-order valence-corrected chi connectivity index (χ0v) is 25.4. The third-order valence-electron chi connectivity index (χ3n) is 8.03. The van der Waals surface area contributed by atoms with Crippen LogP contribution in [0, 0.1) is 6.92 Å². The highest BCUT2D eigenvalue weighted by Gasteiger charge is 2.47. The fourth-order valence-electron chi connectivity index (χ4n) is 5.67. The minimum Gasteiger partial charge on any atom is -0.457 e. The maximum atomic E-state index is 13.7. The Hall–Kier alpha value is -3.75. The first kappa shape index (κ1) is 32.2. The summed E-state index contributed by atoms with van der Waals surface area (Å²) in [6, 6.07) is 18.2. The molecule has 0 spiro atoms. The van der Waals surface area contributed by atoms with E-state index >= 15 is 0 Å². The first-order valence-corrected chi connectivity index (χ1v) is 15.3. The Labute approximate surface area is 254 Å². The van der Waals surface area contributed by atoms with Crippen molar-refractivity contribution in [1.29, 1.82) is 0 Å². The summed E-state index contributed by atoms with van der Waals surface area (Å²) in [4.78, 5) is 41.0. The van der Waals surface area contributed by atoms with Crippen LogP contribution in [-0.4, -0.2) is 53.7 Å². The third kappa shape index (κ3) is 8.00. The molecule has 0 unspecified atom stereocenters. The largest absolute Gasteiger partial charge is 0.457 e. The van der Waals surface area contributed by atoms with Crippen LogP contribution in [0.5, 0.6) is 0 Å². The molecule has 2 aromatic carbocycles. The molecular formula is C35H43NO7. The van der Waals surface area contributed by atoms with Crippen LogP contribution in [0.4, 0.5) is 4.79 Å². The van der Waals surface area contributed by atoms with Crippen molar-refractivity contribution in [3.05, 3.63) is 83.3 Å². The van der Waals surface area contributed by atoms with Crippen molar-refractivity contribution >= 4 is 17.8 Å². The number of carbonyl (C=O) groups excluding carboxylic acids is 3. The van der Waals surface area contributed by atoms with Crippen LogP contribution in [-0.2, 0) is 20.7 Å². The van der Waals surface area contributed by atoms with Crippen molar-refractivity contribution in [3.63, 3.8) is 0 Å². The number of ketones is 1. The molecule has 4 rings (SSSR count). The zero-order valence-electron chi connectivity index (χ0n) is 25.4. The van der Waals surface area contributed by atoms with Gasteiger partial charge in [-0.05, 0) is 43.9 Å². The summed E-state index contributed by atoms with van der Waals surface area (Å²) in [5.41, 5.74) is 3.60. The fraction of sp³-hybridized carbons (Fsp3) is 0.457. The number of hydrogen-bond acceptors (Lipinski definition) is 7. The van der Waals surface area contributed by atoms with Gasteiger partial charge in [0, 0.05) is 25.7 Å². The zero-order chi connectivity index (χ0) is 30.8. The van der Waals surface area contributed by atoms with Gasteiger partial charge >= 0.3 is 6.09 Å². The van der Waals surface area contributed by atoms with E-state index in [9.17, 15) is 14.4 Å². The SMILES string of the molecule is CO[C@H](C(=O)c1cc(-c2cccc(C)c2)c(CCCCCCCCCCO)o1)C(=O)N1C(=O)O[C@@H](c2ccccc2)[C@H]1C. The van der Waals surface area contributed by atoms with E-state index in [1.807, 2.05) is 61.5 Å². The van der Waals surface area contributed by atoms with Crippen LogP contribution in [0.25, 0.3) is 11.1 Å². The lowest BCUT2D eigenvalue weighted by Gasteiger charge is -2.22. The second-order valence-corrected chi connectivity index (χ2v) is 11.3. The Morgan fingerprint density at radius 3 is 2.26 bits per heavy atom. The van der Waals surface area contributed by atoms with Crippen LogP contribution in [0.2, 0.25) is 0 Å². The lowest BCUT2D eigenvalue weighted by atomic mass is 10.00. The first-order chi connectivity index (χ1) is 20.8. The summed E-state index contributed by atoms with van der Waals surface area (Å²) >= 11 is 0. The number of Topliss-reactive ketones (excluding diaryl/α,β-unsaturated/α-hetero) is 1. The number of methoxy groups -OCH3 is 1. The number of carbonyl (C=O) groups is 3. The Bertz CT molecular complexity index is 1370. The molecule has 2 amide bonds. The number of furan rings is 1. The van der Waals surface area contributed by atoms with E-state index in [2.05, 4.69) is 0 Å². The summed E-state index contributed by atoms with van der Waals surface area (Å²) in [5, 5.41) is 8.92. The molecule has 1 N–H and O–H groups in total. The predicted octanol–water partition coefficient (Wildman–Crippen LogP) is 7.22. The fourth-order valence-corrected chi connectivity index (χ4v) is 5.67. The molecule has 2 heterocycles. The molecule has 0 bridgehead atoms. The Kier molecular flexibility index (Phi) is 11.7. The molecule has 43 heavy (non-hydrogen) atoms. The Balaban J connectivity index is 1.48. The molecule has 1 aliphatic heterocycles.